The van der Waals surface area contributed by atoms with Gasteiger partial charge in [-0.05, 0) is 38.4 Å². The zero-order valence-corrected chi connectivity index (χ0v) is 12.6. The lowest BCUT2D eigenvalue weighted by atomic mass is 9.96. The molecule has 0 bridgehead atoms. The fourth-order valence-electron chi connectivity index (χ4n) is 2.43. The molecular formula is C12H20N2O2S2. The van der Waals surface area contributed by atoms with Gasteiger partial charge in [-0.1, -0.05) is 6.92 Å². The van der Waals surface area contributed by atoms with Gasteiger partial charge >= 0.3 is 0 Å². The highest BCUT2D eigenvalue weighted by molar-refractivity contribution is 7.91. The largest absolute Gasteiger partial charge is 0.317 e. The van der Waals surface area contributed by atoms with Crippen LogP contribution in [0.3, 0.4) is 0 Å². The van der Waals surface area contributed by atoms with Crippen molar-refractivity contribution in [1.29, 1.82) is 0 Å². The number of piperidine rings is 1. The Kier molecular flexibility index (Phi) is 4.11. The van der Waals surface area contributed by atoms with Crippen LogP contribution >= 0.6 is 11.3 Å². The van der Waals surface area contributed by atoms with Crippen molar-refractivity contribution in [2.45, 2.75) is 30.5 Å². The zero-order valence-electron chi connectivity index (χ0n) is 11.0. The van der Waals surface area contributed by atoms with E-state index in [2.05, 4.69) is 12.2 Å². The summed E-state index contributed by atoms with van der Waals surface area (Å²) in [6.07, 6.45) is 0.876. The highest BCUT2D eigenvalue weighted by Crippen LogP contribution is 2.28. The molecule has 1 aromatic rings. The molecule has 1 N–H and O–H groups in total. The van der Waals surface area contributed by atoms with Gasteiger partial charge in [-0.25, -0.2) is 8.42 Å². The van der Waals surface area contributed by atoms with E-state index in [-0.39, 0.29) is 0 Å². The highest BCUT2D eigenvalue weighted by atomic mass is 32.2. The van der Waals surface area contributed by atoms with Crippen molar-refractivity contribution < 1.29 is 8.42 Å². The Balaban J connectivity index is 2.17. The maximum Gasteiger partial charge on any atom is 0.252 e. The Morgan fingerprint density at radius 3 is 2.67 bits per heavy atom. The summed E-state index contributed by atoms with van der Waals surface area (Å²) in [6.45, 7) is 5.24. The quantitative estimate of drug-likeness (QED) is 0.920. The van der Waals surface area contributed by atoms with Crippen LogP contribution in [-0.2, 0) is 10.0 Å². The molecule has 0 amide bonds. The van der Waals surface area contributed by atoms with Gasteiger partial charge in [0.05, 0.1) is 0 Å². The predicted octanol–water partition coefficient (Wildman–Crippen LogP) is 1.68. The molecule has 18 heavy (non-hydrogen) atoms. The van der Waals surface area contributed by atoms with Crippen molar-refractivity contribution in [1.82, 2.24) is 9.62 Å². The summed E-state index contributed by atoms with van der Waals surface area (Å²) in [7, 11) is -1.34. The SMILES string of the molecule is CNC1CCN(S(=O)(=O)c2ccc(C)s2)CC1C. The minimum Gasteiger partial charge on any atom is -0.317 e. The third-order valence-electron chi connectivity index (χ3n) is 3.55. The Bertz CT molecular complexity index is 510. The summed E-state index contributed by atoms with van der Waals surface area (Å²) in [4.78, 5) is 1.03. The lowest BCUT2D eigenvalue weighted by Gasteiger charge is -2.35. The monoisotopic (exact) mass is 288 g/mol. The Morgan fingerprint density at radius 2 is 2.17 bits per heavy atom. The van der Waals surface area contributed by atoms with E-state index in [1.807, 2.05) is 20.0 Å². The van der Waals surface area contributed by atoms with E-state index in [1.54, 1.807) is 10.4 Å². The standard InChI is InChI=1S/C12H20N2O2S2/c1-9-8-14(7-6-11(9)13-3)18(15,16)12-5-4-10(2)17-12/h4-5,9,11,13H,6-8H2,1-3H3. The van der Waals surface area contributed by atoms with Gasteiger partial charge in [0, 0.05) is 24.0 Å². The number of hydrogen-bond donors (Lipinski definition) is 1. The Labute approximate surface area is 113 Å². The van der Waals surface area contributed by atoms with E-state index >= 15 is 0 Å². The van der Waals surface area contributed by atoms with Crippen LogP contribution in [-0.4, -0.2) is 38.9 Å². The molecule has 1 aliphatic heterocycles. The molecule has 1 saturated heterocycles. The number of aryl methyl sites for hydroxylation is 1. The first kappa shape index (κ1) is 14.0. The van der Waals surface area contributed by atoms with E-state index in [0.717, 1.165) is 11.3 Å². The third-order valence-corrected chi connectivity index (χ3v) is 6.88. The summed E-state index contributed by atoms with van der Waals surface area (Å²) in [5.41, 5.74) is 0. The molecule has 4 nitrogen and oxygen atoms in total. The molecule has 1 aliphatic rings. The van der Waals surface area contributed by atoms with E-state index < -0.39 is 10.0 Å². The first-order valence-corrected chi connectivity index (χ1v) is 8.44. The molecule has 2 heterocycles. The van der Waals surface area contributed by atoms with Gasteiger partial charge in [-0.3, -0.25) is 0 Å². The van der Waals surface area contributed by atoms with Gasteiger partial charge in [0.2, 0.25) is 0 Å². The maximum atomic E-state index is 12.5. The number of rotatable bonds is 3. The van der Waals surface area contributed by atoms with E-state index in [4.69, 9.17) is 0 Å². The Hall–Kier alpha value is -0.430. The molecular weight excluding hydrogens is 268 g/mol. The second kappa shape index (κ2) is 5.28. The lowest BCUT2D eigenvalue weighted by molar-refractivity contribution is 0.228. The van der Waals surface area contributed by atoms with E-state index in [9.17, 15) is 8.42 Å². The molecule has 0 spiro atoms. The van der Waals surface area contributed by atoms with Gasteiger partial charge in [0.25, 0.3) is 10.0 Å². The van der Waals surface area contributed by atoms with Crippen LogP contribution in [0.4, 0.5) is 0 Å². The summed E-state index contributed by atoms with van der Waals surface area (Å²) >= 11 is 1.35. The molecule has 1 fully saturated rings. The lowest BCUT2D eigenvalue weighted by Crippen LogP contribution is -2.48. The van der Waals surface area contributed by atoms with E-state index in [0.29, 0.717) is 29.3 Å². The summed E-state index contributed by atoms with van der Waals surface area (Å²) in [5.74, 6) is 0.347. The van der Waals surface area contributed by atoms with Gasteiger partial charge in [-0.2, -0.15) is 4.31 Å². The van der Waals surface area contributed by atoms with Crippen molar-refractivity contribution in [2.24, 2.45) is 5.92 Å². The molecule has 6 heteroatoms. The van der Waals surface area contributed by atoms with Crippen LogP contribution in [0.5, 0.6) is 0 Å². The molecule has 0 radical (unpaired) electrons. The van der Waals surface area contributed by atoms with Crippen molar-refractivity contribution in [2.75, 3.05) is 20.1 Å². The van der Waals surface area contributed by atoms with Crippen molar-refractivity contribution in [3.05, 3.63) is 17.0 Å². The van der Waals surface area contributed by atoms with E-state index in [1.165, 1.54) is 11.3 Å². The Morgan fingerprint density at radius 1 is 1.44 bits per heavy atom. The molecule has 0 aromatic carbocycles. The second-order valence-electron chi connectivity index (χ2n) is 4.89. The number of hydrogen-bond acceptors (Lipinski definition) is 4. The van der Waals surface area contributed by atoms with Gasteiger partial charge < -0.3 is 5.32 Å². The van der Waals surface area contributed by atoms with Crippen LogP contribution in [0.25, 0.3) is 0 Å². The smallest absolute Gasteiger partial charge is 0.252 e. The average molecular weight is 288 g/mol. The number of thiophene rings is 1. The van der Waals surface area contributed by atoms with Crippen LogP contribution in [0.2, 0.25) is 0 Å². The highest BCUT2D eigenvalue weighted by Gasteiger charge is 2.33. The summed E-state index contributed by atoms with van der Waals surface area (Å²) in [5, 5.41) is 3.25. The average Bonchev–Trinajstić information content (AvgIpc) is 2.76. The molecule has 0 aliphatic carbocycles. The van der Waals surface area contributed by atoms with Crippen LogP contribution in [0.1, 0.15) is 18.2 Å². The van der Waals surface area contributed by atoms with Crippen LogP contribution < -0.4 is 5.32 Å². The zero-order chi connectivity index (χ0) is 13.3. The van der Waals surface area contributed by atoms with Crippen molar-refractivity contribution in [3.8, 4) is 0 Å². The molecule has 1 aromatic heterocycles. The van der Waals surface area contributed by atoms with Gasteiger partial charge in [0.1, 0.15) is 4.21 Å². The first-order chi connectivity index (χ1) is 8.45. The second-order valence-corrected chi connectivity index (χ2v) is 8.34. The minimum atomic E-state index is -3.28. The van der Waals surface area contributed by atoms with Gasteiger partial charge in [-0.15, -0.1) is 11.3 Å². The maximum absolute atomic E-state index is 12.5. The van der Waals surface area contributed by atoms with Crippen LogP contribution in [0.15, 0.2) is 16.3 Å². The van der Waals surface area contributed by atoms with Crippen molar-refractivity contribution >= 4 is 21.4 Å². The number of nitrogens with one attached hydrogen (secondary N) is 1. The first-order valence-electron chi connectivity index (χ1n) is 6.19. The van der Waals surface area contributed by atoms with Gasteiger partial charge in [0.15, 0.2) is 0 Å². The third kappa shape index (κ3) is 2.61. The summed E-state index contributed by atoms with van der Waals surface area (Å²) < 4.78 is 27.0. The molecule has 2 atom stereocenters. The fourth-order valence-corrected chi connectivity index (χ4v) is 5.43. The number of sulfonamides is 1. The normalized spacial score (nSPS) is 26.4. The molecule has 2 rings (SSSR count). The fraction of sp³-hybridized carbons (Fsp3) is 0.667. The molecule has 0 saturated carbocycles. The minimum absolute atomic E-state index is 0.347. The predicted molar refractivity (Wildman–Crippen MR) is 74.4 cm³/mol. The number of nitrogens with zero attached hydrogens (tertiary/aromatic N) is 1. The molecule has 102 valence electrons. The molecule has 2 unspecified atom stereocenters. The topological polar surface area (TPSA) is 49.4 Å². The summed E-state index contributed by atoms with van der Waals surface area (Å²) in [6, 6.07) is 3.99. The van der Waals surface area contributed by atoms with Crippen LogP contribution in [0, 0.1) is 12.8 Å². The van der Waals surface area contributed by atoms with Crippen molar-refractivity contribution in [3.63, 3.8) is 0 Å².